The van der Waals surface area contributed by atoms with Gasteiger partial charge in [0.15, 0.2) is 18.4 Å². The average Bonchev–Trinajstić information content (AvgIpc) is 3.86. The Morgan fingerprint density at radius 3 is 1.57 bits per heavy atom. The van der Waals surface area contributed by atoms with Crippen LogP contribution in [0.2, 0.25) is 0 Å². The van der Waals surface area contributed by atoms with Gasteiger partial charge in [-0.15, -0.1) is 0 Å². The fourth-order valence-electron chi connectivity index (χ4n) is 4.90. The molecule has 2 atom stereocenters. The fraction of sp³-hybridized carbons (Fsp3) is 0.316. The van der Waals surface area contributed by atoms with Gasteiger partial charge in [-0.2, -0.15) is 0 Å². The number of ketones is 1. The first-order valence-electron chi connectivity index (χ1n) is 16.5. The number of carbonyl (C=O) groups excluding carboxylic acids is 1. The SMILES string of the molecule is C[C@@H](CC(=O)c1ccc(Br)c(C2OCCO2)c1)c1ccc(F)cc1.C[C@@H](N)c1ccc(F)cc1.O=C(O)c1ccc(Br)c(C2OCCO2)c1.[2H]CF. The zero-order chi connectivity index (χ0) is 38.2. The van der Waals surface area contributed by atoms with Crippen molar-refractivity contribution in [3.63, 3.8) is 0 Å². The normalized spacial score (nSPS) is 15.6. The Balaban J connectivity index is 0.000000221. The van der Waals surface area contributed by atoms with Gasteiger partial charge in [0.1, 0.15) is 11.6 Å². The minimum atomic E-state index is -1.00. The first-order chi connectivity index (χ1) is 24.8. The lowest BCUT2D eigenvalue weighted by Gasteiger charge is -2.14. The molecule has 2 aliphatic rings. The van der Waals surface area contributed by atoms with Gasteiger partial charge in [0.05, 0.1) is 40.5 Å². The summed E-state index contributed by atoms with van der Waals surface area (Å²) in [6, 6.07) is 22.7. The molecule has 6 rings (SSSR count). The van der Waals surface area contributed by atoms with Crippen LogP contribution in [0, 0.1) is 11.6 Å². The summed E-state index contributed by atoms with van der Waals surface area (Å²) in [5.41, 5.74) is 9.85. The van der Waals surface area contributed by atoms with Crippen molar-refractivity contribution in [1.82, 2.24) is 0 Å². The van der Waals surface area contributed by atoms with Crippen molar-refractivity contribution >= 4 is 43.6 Å². The number of rotatable bonds is 8. The van der Waals surface area contributed by atoms with Crippen molar-refractivity contribution < 1.29 is 48.2 Å². The Hall–Kier alpha value is -3.43. The molecule has 0 amide bonds. The molecule has 4 aromatic carbocycles. The highest BCUT2D eigenvalue weighted by Gasteiger charge is 2.23. The molecular formula is C38H40Br2F3NO7. The minimum Gasteiger partial charge on any atom is -0.478 e. The number of ether oxygens (including phenoxy) is 4. The van der Waals surface area contributed by atoms with Crippen LogP contribution in [0.5, 0.6) is 0 Å². The third-order valence-electron chi connectivity index (χ3n) is 7.64. The summed E-state index contributed by atoms with van der Waals surface area (Å²) in [4.78, 5) is 23.4. The lowest BCUT2D eigenvalue weighted by atomic mass is 9.93. The van der Waals surface area contributed by atoms with Gasteiger partial charge in [0, 0.05) is 38.1 Å². The number of Topliss-reactive ketones (excluding diaryl/α,β-unsaturated/α-hetero) is 1. The minimum absolute atomic E-state index is 0.0133. The van der Waals surface area contributed by atoms with Gasteiger partial charge < -0.3 is 29.8 Å². The average molecular weight is 841 g/mol. The van der Waals surface area contributed by atoms with Gasteiger partial charge in [-0.3, -0.25) is 9.18 Å². The standard InChI is InChI=1S/C19H18BrFO3.C10H9BrO4.C8H10FN.CH3F/c1-12(13-2-5-15(21)6-3-13)10-18(22)14-4-7-17(20)16(11-14)19-23-8-9-24-19;11-8-2-1-6(9(12)13)5-7(8)10-14-3-4-15-10;1-6(10)7-2-4-8(9)5-3-7;1-2/h2-7,11-12,19H,8-10H2,1H3;1-2,5,10H,3-4H2,(H,12,13);2-6H,10H2,1H3;1H3/t12-;;6-;/m0.1./s1/i;;;1D. The van der Waals surface area contributed by atoms with Gasteiger partial charge in [0.25, 0.3) is 0 Å². The van der Waals surface area contributed by atoms with E-state index in [1.165, 1.54) is 30.3 Å². The molecule has 8 nitrogen and oxygen atoms in total. The Labute approximate surface area is 313 Å². The second-order valence-corrected chi connectivity index (χ2v) is 13.1. The third-order valence-corrected chi connectivity index (χ3v) is 9.08. The van der Waals surface area contributed by atoms with Crippen molar-refractivity contribution in [2.45, 2.75) is 44.8 Å². The zero-order valence-electron chi connectivity index (χ0n) is 29.0. The molecule has 4 aromatic rings. The number of carboxylic acids is 1. The highest BCUT2D eigenvalue weighted by atomic mass is 79.9. The lowest BCUT2D eigenvalue weighted by Crippen LogP contribution is -2.07. The van der Waals surface area contributed by atoms with Crippen LogP contribution >= 0.6 is 31.9 Å². The van der Waals surface area contributed by atoms with Crippen LogP contribution in [0.15, 0.2) is 93.9 Å². The molecule has 51 heavy (non-hydrogen) atoms. The Kier molecular flexibility index (Phi) is 16.8. The molecule has 274 valence electrons. The number of hydrogen-bond acceptors (Lipinski definition) is 7. The number of aromatic carboxylic acids is 1. The molecule has 3 N–H and O–H groups in total. The summed E-state index contributed by atoms with van der Waals surface area (Å²) in [5, 5.41) is 8.85. The molecule has 2 fully saturated rings. The van der Waals surface area contributed by atoms with Crippen molar-refractivity contribution in [3.8, 4) is 0 Å². The Morgan fingerprint density at radius 2 is 1.16 bits per heavy atom. The van der Waals surface area contributed by atoms with Crippen molar-refractivity contribution in [2.24, 2.45) is 5.73 Å². The number of halogens is 5. The predicted molar refractivity (Wildman–Crippen MR) is 194 cm³/mol. The van der Waals surface area contributed by atoms with Gasteiger partial charge in [-0.05, 0) is 78.6 Å². The van der Waals surface area contributed by atoms with Gasteiger partial charge in [0.2, 0.25) is 0 Å². The second-order valence-electron chi connectivity index (χ2n) is 11.3. The summed E-state index contributed by atoms with van der Waals surface area (Å²) in [6.45, 7) is 6.01. The molecule has 2 heterocycles. The van der Waals surface area contributed by atoms with Gasteiger partial charge >= 0.3 is 5.97 Å². The molecule has 0 aromatic heterocycles. The van der Waals surface area contributed by atoms with E-state index in [-0.39, 0.29) is 34.9 Å². The molecule has 2 saturated heterocycles. The van der Waals surface area contributed by atoms with Crippen LogP contribution < -0.4 is 5.73 Å². The first-order valence-corrected chi connectivity index (χ1v) is 17.4. The van der Waals surface area contributed by atoms with Crippen molar-refractivity contribution in [3.05, 3.63) is 139 Å². The molecular weight excluding hydrogens is 799 g/mol. The van der Waals surface area contributed by atoms with E-state index in [1.807, 2.05) is 26.0 Å². The monoisotopic (exact) mass is 838 g/mol. The van der Waals surface area contributed by atoms with E-state index in [2.05, 4.69) is 31.9 Å². The van der Waals surface area contributed by atoms with E-state index in [4.69, 9.17) is 31.2 Å². The second kappa shape index (κ2) is 21.2. The summed E-state index contributed by atoms with van der Waals surface area (Å²) >= 11 is 6.81. The summed E-state index contributed by atoms with van der Waals surface area (Å²) in [7, 11) is -1.00. The predicted octanol–water partition coefficient (Wildman–Crippen LogP) is 9.63. The van der Waals surface area contributed by atoms with E-state index in [1.54, 1.807) is 42.5 Å². The van der Waals surface area contributed by atoms with Gasteiger partial charge in [-0.1, -0.05) is 69.1 Å². The largest absolute Gasteiger partial charge is 0.478 e. The van der Waals surface area contributed by atoms with Gasteiger partial charge in [-0.25, -0.2) is 13.6 Å². The summed E-state index contributed by atoms with van der Waals surface area (Å²) in [5.74, 6) is -1.39. The topological polar surface area (TPSA) is 117 Å². The van der Waals surface area contributed by atoms with E-state index in [0.29, 0.717) is 44.0 Å². The molecule has 0 bridgehead atoms. The van der Waals surface area contributed by atoms with Crippen LogP contribution in [0.4, 0.5) is 13.2 Å². The maximum atomic E-state index is 13.0. The third kappa shape index (κ3) is 12.9. The fourth-order valence-corrected chi connectivity index (χ4v) is 5.77. The van der Waals surface area contributed by atoms with Crippen LogP contribution in [0.3, 0.4) is 0 Å². The molecule has 13 heteroatoms. The van der Waals surface area contributed by atoms with Crippen molar-refractivity contribution in [2.75, 3.05) is 33.6 Å². The Morgan fingerprint density at radius 1 is 0.765 bits per heavy atom. The number of nitrogens with two attached hydrogens (primary N) is 1. The lowest BCUT2D eigenvalue weighted by molar-refractivity contribution is -0.0448. The van der Waals surface area contributed by atoms with E-state index in [0.717, 1.165) is 25.6 Å². The number of hydrogen-bond donors (Lipinski definition) is 2. The summed E-state index contributed by atoms with van der Waals surface area (Å²) in [6.07, 6.45) is -0.528. The first kappa shape index (κ1) is 40.3. The van der Waals surface area contributed by atoms with Crippen LogP contribution in [-0.4, -0.2) is 50.4 Å². The molecule has 0 aliphatic carbocycles. The highest BCUT2D eigenvalue weighted by molar-refractivity contribution is 9.10. The van der Waals surface area contributed by atoms with Crippen LogP contribution in [0.1, 0.15) is 89.1 Å². The molecule has 0 saturated carbocycles. The summed E-state index contributed by atoms with van der Waals surface area (Å²) < 4.78 is 64.1. The number of carboxylic acid groups (broad SMARTS) is 1. The highest BCUT2D eigenvalue weighted by Crippen LogP contribution is 2.32. The number of benzene rings is 4. The van der Waals surface area contributed by atoms with Crippen molar-refractivity contribution in [1.29, 1.82) is 0 Å². The van der Waals surface area contributed by atoms with Crippen LogP contribution in [-0.2, 0) is 18.9 Å². The van der Waals surface area contributed by atoms with E-state index < -0.39 is 25.7 Å². The Bertz CT molecular complexity index is 1720. The van der Waals surface area contributed by atoms with E-state index >= 15 is 0 Å². The molecule has 0 unspecified atom stereocenters. The number of alkyl halides is 1. The zero-order valence-corrected chi connectivity index (χ0v) is 31.2. The molecule has 0 radical (unpaired) electrons. The van der Waals surface area contributed by atoms with E-state index in [9.17, 15) is 22.8 Å². The smallest absolute Gasteiger partial charge is 0.335 e. The molecule has 2 aliphatic heterocycles. The number of carbonyl (C=O) groups is 2. The maximum absolute atomic E-state index is 13.0. The molecule has 0 spiro atoms. The van der Waals surface area contributed by atoms with Crippen LogP contribution in [0.25, 0.3) is 0 Å². The quantitative estimate of drug-likeness (QED) is 0.169. The maximum Gasteiger partial charge on any atom is 0.335 e.